The summed E-state index contributed by atoms with van der Waals surface area (Å²) in [6.07, 6.45) is 0. The third kappa shape index (κ3) is 3.35. The van der Waals surface area contributed by atoms with Crippen LogP contribution in [0.15, 0.2) is 47.6 Å². The van der Waals surface area contributed by atoms with E-state index in [0.717, 1.165) is 16.2 Å². The van der Waals surface area contributed by atoms with E-state index in [9.17, 15) is 4.79 Å². The molecule has 0 bridgehead atoms. The van der Waals surface area contributed by atoms with Crippen LogP contribution in [0.4, 0.5) is 0 Å². The van der Waals surface area contributed by atoms with Gasteiger partial charge in [-0.1, -0.05) is 23.9 Å². The molecule has 1 aromatic heterocycles. The summed E-state index contributed by atoms with van der Waals surface area (Å²) in [6.45, 7) is 1.88. The van der Waals surface area contributed by atoms with Crippen molar-refractivity contribution in [3.8, 4) is 11.5 Å². The van der Waals surface area contributed by atoms with Crippen molar-refractivity contribution in [2.45, 2.75) is 17.3 Å². The highest BCUT2D eigenvalue weighted by Crippen LogP contribution is 2.31. The normalized spacial score (nSPS) is 12.2. The molecule has 130 valence electrons. The highest BCUT2D eigenvalue weighted by atomic mass is 32.2. The fourth-order valence-corrected chi connectivity index (χ4v) is 3.62. The van der Waals surface area contributed by atoms with Crippen LogP contribution in [0.1, 0.15) is 17.3 Å². The van der Waals surface area contributed by atoms with Gasteiger partial charge in [0.1, 0.15) is 11.5 Å². The van der Waals surface area contributed by atoms with Crippen LogP contribution >= 0.6 is 11.8 Å². The van der Waals surface area contributed by atoms with Crippen molar-refractivity contribution in [2.24, 2.45) is 7.05 Å². The lowest BCUT2D eigenvalue weighted by molar-refractivity contribution is 0.0991. The Balaban J connectivity index is 1.86. The van der Waals surface area contributed by atoms with Gasteiger partial charge in [-0.2, -0.15) is 0 Å². The fourth-order valence-electron chi connectivity index (χ4n) is 2.66. The molecule has 0 unspecified atom stereocenters. The predicted octanol–water partition coefficient (Wildman–Crippen LogP) is 3.95. The van der Waals surface area contributed by atoms with E-state index in [1.165, 1.54) is 11.8 Å². The molecule has 0 aliphatic rings. The van der Waals surface area contributed by atoms with Crippen molar-refractivity contribution in [3.63, 3.8) is 0 Å². The number of ketones is 1. The standard InChI is InChI=1S/C19H20N2O3S/c1-12(18(22)14-10-9-13(23-3)11-17(14)24-4)25-19-20-15-7-5-6-8-16(15)21(19)2/h5-12H,1-4H3/t12-/m1/s1. The Morgan fingerprint density at radius 1 is 1.16 bits per heavy atom. The first-order valence-electron chi connectivity index (χ1n) is 7.89. The van der Waals surface area contributed by atoms with E-state index in [1.807, 2.05) is 42.8 Å². The Hall–Kier alpha value is -2.47. The van der Waals surface area contributed by atoms with Gasteiger partial charge in [0, 0.05) is 13.1 Å². The molecule has 1 heterocycles. The van der Waals surface area contributed by atoms with Crippen molar-refractivity contribution in [1.82, 2.24) is 9.55 Å². The van der Waals surface area contributed by atoms with Gasteiger partial charge in [0.2, 0.25) is 0 Å². The SMILES string of the molecule is COc1ccc(C(=O)[C@@H](C)Sc2nc3ccccc3n2C)c(OC)c1. The number of imidazole rings is 1. The zero-order valence-corrected chi connectivity index (χ0v) is 15.5. The minimum atomic E-state index is -0.294. The largest absolute Gasteiger partial charge is 0.497 e. The number of nitrogens with zero attached hydrogens (tertiary/aromatic N) is 2. The molecular weight excluding hydrogens is 336 g/mol. The van der Waals surface area contributed by atoms with Crippen molar-refractivity contribution in [3.05, 3.63) is 48.0 Å². The van der Waals surface area contributed by atoms with Crippen LogP contribution in [0, 0.1) is 0 Å². The third-order valence-corrected chi connectivity index (χ3v) is 5.22. The van der Waals surface area contributed by atoms with Gasteiger partial charge >= 0.3 is 0 Å². The zero-order valence-electron chi connectivity index (χ0n) is 14.6. The second-order valence-corrected chi connectivity index (χ2v) is 6.94. The van der Waals surface area contributed by atoms with Gasteiger partial charge in [-0.25, -0.2) is 4.98 Å². The van der Waals surface area contributed by atoms with Crippen LogP contribution in [-0.2, 0) is 7.05 Å². The van der Waals surface area contributed by atoms with Gasteiger partial charge in [0.05, 0.1) is 36.1 Å². The molecule has 0 aliphatic heterocycles. The summed E-state index contributed by atoms with van der Waals surface area (Å²) in [5.74, 6) is 1.17. The number of thioether (sulfide) groups is 1. The van der Waals surface area contributed by atoms with Gasteiger partial charge in [-0.3, -0.25) is 4.79 Å². The summed E-state index contributed by atoms with van der Waals surface area (Å²) in [4.78, 5) is 17.5. The average molecular weight is 356 g/mol. The molecule has 0 fully saturated rings. The maximum atomic E-state index is 12.9. The second-order valence-electron chi connectivity index (χ2n) is 5.63. The van der Waals surface area contributed by atoms with E-state index in [-0.39, 0.29) is 11.0 Å². The van der Waals surface area contributed by atoms with Crippen LogP contribution in [0.25, 0.3) is 11.0 Å². The van der Waals surface area contributed by atoms with Crippen molar-refractivity contribution >= 4 is 28.6 Å². The Labute approximate surface area is 151 Å². The van der Waals surface area contributed by atoms with Gasteiger partial charge in [0.15, 0.2) is 10.9 Å². The van der Waals surface area contributed by atoms with Crippen LogP contribution < -0.4 is 9.47 Å². The molecule has 3 aromatic rings. The molecule has 6 heteroatoms. The molecule has 0 aliphatic carbocycles. The molecule has 5 nitrogen and oxygen atoms in total. The van der Waals surface area contributed by atoms with Crippen molar-refractivity contribution < 1.29 is 14.3 Å². The molecule has 2 aromatic carbocycles. The summed E-state index contributed by atoms with van der Waals surface area (Å²) in [6, 6.07) is 13.2. The number of para-hydroxylation sites is 2. The number of Topliss-reactive ketones (excluding diaryl/α,β-unsaturated/α-hetero) is 1. The molecule has 1 atom stereocenters. The zero-order chi connectivity index (χ0) is 18.0. The molecule has 0 saturated carbocycles. The van der Waals surface area contributed by atoms with E-state index in [1.54, 1.807) is 32.4 Å². The van der Waals surface area contributed by atoms with Crippen LogP contribution in [0.3, 0.4) is 0 Å². The summed E-state index contributed by atoms with van der Waals surface area (Å²) >= 11 is 1.44. The number of benzene rings is 2. The molecule has 0 radical (unpaired) electrons. The Morgan fingerprint density at radius 3 is 2.60 bits per heavy atom. The molecule has 25 heavy (non-hydrogen) atoms. The monoisotopic (exact) mass is 356 g/mol. The van der Waals surface area contributed by atoms with E-state index >= 15 is 0 Å². The number of carbonyl (C=O) groups excluding carboxylic acids is 1. The smallest absolute Gasteiger partial charge is 0.179 e. The van der Waals surface area contributed by atoms with Gasteiger partial charge < -0.3 is 14.0 Å². The second kappa shape index (κ2) is 7.19. The Bertz CT molecular complexity index is 920. The van der Waals surface area contributed by atoms with Crippen LogP contribution in [0.2, 0.25) is 0 Å². The van der Waals surface area contributed by atoms with Gasteiger partial charge in [0.25, 0.3) is 0 Å². The number of methoxy groups -OCH3 is 2. The maximum absolute atomic E-state index is 12.9. The quantitative estimate of drug-likeness (QED) is 0.494. The van der Waals surface area contributed by atoms with E-state index in [2.05, 4.69) is 4.98 Å². The average Bonchev–Trinajstić information content (AvgIpc) is 2.96. The fraction of sp³-hybridized carbons (Fsp3) is 0.263. The minimum absolute atomic E-state index is 0.00319. The van der Waals surface area contributed by atoms with Gasteiger partial charge in [-0.15, -0.1) is 0 Å². The summed E-state index contributed by atoms with van der Waals surface area (Å²) in [5, 5.41) is 0.521. The first kappa shape index (κ1) is 17.4. The number of aryl methyl sites for hydroxylation is 1. The third-order valence-electron chi connectivity index (χ3n) is 4.07. The maximum Gasteiger partial charge on any atom is 0.179 e. The van der Waals surface area contributed by atoms with Crippen LogP contribution in [-0.4, -0.2) is 34.8 Å². The minimum Gasteiger partial charge on any atom is -0.497 e. The number of ether oxygens (including phenoxy) is 2. The number of carbonyl (C=O) groups is 1. The number of hydrogen-bond donors (Lipinski definition) is 0. The first-order chi connectivity index (χ1) is 12.0. The topological polar surface area (TPSA) is 53.3 Å². The van der Waals surface area contributed by atoms with Crippen molar-refractivity contribution in [2.75, 3.05) is 14.2 Å². The number of fused-ring (bicyclic) bond motifs is 1. The predicted molar refractivity (Wildman–Crippen MR) is 99.9 cm³/mol. The molecular formula is C19H20N2O3S. The summed E-state index contributed by atoms with van der Waals surface area (Å²) in [7, 11) is 5.10. The summed E-state index contributed by atoms with van der Waals surface area (Å²) in [5.41, 5.74) is 2.52. The molecule has 0 saturated heterocycles. The Kier molecular flexibility index (Phi) is 4.99. The Morgan fingerprint density at radius 2 is 1.92 bits per heavy atom. The van der Waals surface area contributed by atoms with Crippen molar-refractivity contribution in [1.29, 1.82) is 0 Å². The molecule has 0 amide bonds. The number of aromatic nitrogens is 2. The lowest BCUT2D eigenvalue weighted by Crippen LogP contribution is -2.15. The number of hydrogen-bond acceptors (Lipinski definition) is 5. The van der Waals surface area contributed by atoms with E-state index in [0.29, 0.717) is 17.1 Å². The highest BCUT2D eigenvalue weighted by molar-refractivity contribution is 8.00. The molecule has 0 spiro atoms. The highest BCUT2D eigenvalue weighted by Gasteiger charge is 2.22. The molecule has 3 rings (SSSR count). The van der Waals surface area contributed by atoms with Crippen LogP contribution in [0.5, 0.6) is 11.5 Å². The first-order valence-corrected chi connectivity index (χ1v) is 8.77. The lowest BCUT2D eigenvalue weighted by Gasteiger charge is -2.13. The lowest BCUT2D eigenvalue weighted by atomic mass is 10.1. The molecule has 0 N–H and O–H groups in total. The van der Waals surface area contributed by atoms with Gasteiger partial charge in [-0.05, 0) is 31.2 Å². The summed E-state index contributed by atoms with van der Waals surface area (Å²) < 4.78 is 12.5. The van der Waals surface area contributed by atoms with E-state index < -0.39 is 0 Å². The van der Waals surface area contributed by atoms with E-state index in [4.69, 9.17) is 9.47 Å². The number of rotatable bonds is 6.